The molecule has 0 amide bonds. The molecule has 0 radical (unpaired) electrons. The normalized spacial score (nSPS) is 34.2. The molecule has 3 heteroatoms. The average molecular weight is 146 g/mol. The van der Waals surface area contributed by atoms with E-state index >= 15 is 0 Å². The van der Waals surface area contributed by atoms with E-state index in [2.05, 4.69) is 0 Å². The van der Waals surface area contributed by atoms with Gasteiger partial charge in [0.25, 0.3) is 0 Å². The van der Waals surface area contributed by atoms with Crippen molar-refractivity contribution in [2.45, 2.75) is 25.0 Å². The topological polar surface area (TPSA) is 38.7 Å². The second-order valence-corrected chi connectivity index (χ2v) is 2.57. The van der Waals surface area contributed by atoms with Crippen LogP contribution in [0.3, 0.4) is 0 Å². The van der Waals surface area contributed by atoms with E-state index in [0.29, 0.717) is 6.61 Å². The van der Waals surface area contributed by atoms with Gasteiger partial charge in [0, 0.05) is 7.11 Å². The van der Waals surface area contributed by atoms with Gasteiger partial charge >= 0.3 is 0 Å². The van der Waals surface area contributed by atoms with Gasteiger partial charge in [-0.15, -0.1) is 0 Å². The lowest BCUT2D eigenvalue weighted by atomic mass is 10.1. The van der Waals surface area contributed by atoms with Gasteiger partial charge in [-0.2, -0.15) is 0 Å². The van der Waals surface area contributed by atoms with Crippen LogP contribution in [0.2, 0.25) is 0 Å². The molecule has 2 atom stereocenters. The van der Waals surface area contributed by atoms with E-state index in [9.17, 15) is 0 Å². The summed E-state index contributed by atoms with van der Waals surface area (Å²) in [6.45, 7) is 0.762. The minimum absolute atomic E-state index is 0.0476. The van der Waals surface area contributed by atoms with E-state index in [-0.39, 0.29) is 18.8 Å². The van der Waals surface area contributed by atoms with Crippen LogP contribution in [-0.2, 0) is 9.47 Å². The van der Waals surface area contributed by atoms with Gasteiger partial charge in [0.05, 0.1) is 25.4 Å². The number of hydrogen-bond acceptors (Lipinski definition) is 3. The van der Waals surface area contributed by atoms with Gasteiger partial charge in [-0.1, -0.05) is 0 Å². The summed E-state index contributed by atoms with van der Waals surface area (Å²) in [6, 6.07) is 0. The zero-order chi connectivity index (χ0) is 7.40. The molecule has 1 aliphatic heterocycles. The second kappa shape index (κ2) is 3.91. The predicted molar refractivity (Wildman–Crippen MR) is 36.9 cm³/mol. The first kappa shape index (κ1) is 7.98. The Kier molecular flexibility index (Phi) is 3.12. The Bertz CT molecular complexity index is 74.9. The molecule has 0 aliphatic carbocycles. The molecular weight excluding hydrogens is 132 g/mol. The minimum Gasteiger partial charge on any atom is -0.394 e. The molecule has 1 heterocycles. The maximum Gasteiger partial charge on any atom is 0.0808 e. The van der Waals surface area contributed by atoms with Crippen LogP contribution in [0, 0.1) is 0 Å². The number of aliphatic hydroxyl groups is 1. The molecule has 2 unspecified atom stereocenters. The highest BCUT2D eigenvalue weighted by Crippen LogP contribution is 2.14. The van der Waals surface area contributed by atoms with E-state index in [1.54, 1.807) is 7.11 Å². The Morgan fingerprint density at radius 3 is 2.80 bits per heavy atom. The molecule has 3 nitrogen and oxygen atoms in total. The minimum atomic E-state index is 0.0476. The first-order valence-electron chi connectivity index (χ1n) is 3.62. The fraction of sp³-hybridized carbons (Fsp3) is 1.00. The van der Waals surface area contributed by atoms with Crippen LogP contribution in [0.1, 0.15) is 12.8 Å². The van der Waals surface area contributed by atoms with Crippen LogP contribution in [0.25, 0.3) is 0 Å². The van der Waals surface area contributed by atoms with E-state index < -0.39 is 0 Å². The number of aliphatic hydroxyl groups excluding tert-OH is 1. The van der Waals surface area contributed by atoms with Gasteiger partial charge in [-0.25, -0.2) is 0 Å². The Hall–Kier alpha value is -0.120. The Labute approximate surface area is 60.9 Å². The predicted octanol–water partition coefficient (Wildman–Crippen LogP) is 0.173. The third-order valence-electron chi connectivity index (χ3n) is 1.87. The van der Waals surface area contributed by atoms with Crippen molar-refractivity contribution in [2.24, 2.45) is 0 Å². The molecule has 1 aliphatic rings. The van der Waals surface area contributed by atoms with Gasteiger partial charge in [0.2, 0.25) is 0 Å². The first-order valence-corrected chi connectivity index (χ1v) is 3.62. The highest BCUT2D eigenvalue weighted by Gasteiger charge is 2.19. The van der Waals surface area contributed by atoms with Gasteiger partial charge in [0.1, 0.15) is 0 Å². The van der Waals surface area contributed by atoms with Crippen LogP contribution in [0.5, 0.6) is 0 Å². The summed E-state index contributed by atoms with van der Waals surface area (Å²) >= 11 is 0. The van der Waals surface area contributed by atoms with Crippen molar-refractivity contribution in [2.75, 3.05) is 20.3 Å². The van der Waals surface area contributed by atoms with E-state index in [1.807, 2.05) is 0 Å². The van der Waals surface area contributed by atoms with Crippen molar-refractivity contribution in [3.8, 4) is 0 Å². The molecule has 0 spiro atoms. The summed E-state index contributed by atoms with van der Waals surface area (Å²) < 4.78 is 10.3. The lowest BCUT2D eigenvalue weighted by molar-refractivity contribution is -0.0860. The Balaban J connectivity index is 2.17. The maximum absolute atomic E-state index is 8.68. The van der Waals surface area contributed by atoms with Crippen molar-refractivity contribution >= 4 is 0 Å². The van der Waals surface area contributed by atoms with Gasteiger partial charge in [0.15, 0.2) is 0 Å². The van der Waals surface area contributed by atoms with Crippen LogP contribution in [-0.4, -0.2) is 37.6 Å². The molecule has 60 valence electrons. The standard InChI is InChI=1S/C7H14O3/c1-9-7-3-2-6(4-8)10-5-7/h6-8H,2-5H2,1H3. The molecule has 0 aromatic rings. The lowest BCUT2D eigenvalue weighted by Crippen LogP contribution is -2.32. The van der Waals surface area contributed by atoms with Crippen molar-refractivity contribution < 1.29 is 14.6 Å². The molecule has 1 rings (SSSR count). The fourth-order valence-corrected chi connectivity index (χ4v) is 1.11. The monoisotopic (exact) mass is 146 g/mol. The second-order valence-electron chi connectivity index (χ2n) is 2.57. The summed E-state index contributed by atoms with van der Waals surface area (Å²) in [5, 5.41) is 8.68. The number of methoxy groups -OCH3 is 1. The maximum atomic E-state index is 8.68. The number of ether oxygens (including phenoxy) is 2. The molecule has 0 bridgehead atoms. The highest BCUT2D eigenvalue weighted by molar-refractivity contribution is 4.68. The molecular formula is C7H14O3. The first-order chi connectivity index (χ1) is 4.86. The van der Waals surface area contributed by atoms with Crippen LogP contribution < -0.4 is 0 Å². The molecule has 0 aromatic carbocycles. The molecule has 1 fully saturated rings. The summed E-state index contributed by atoms with van der Waals surface area (Å²) in [5.74, 6) is 0. The number of hydrogen-bond donors (Lipinski definition) is 1. The summed E-state index contributed by atoms with van der Waals surface area (Å²) in [4.78, 5) is 0. The Morgan fingerprint density at radius 2 is 2.40 bits per heavy atom. The van der Waals surface area contributed by atoms with Crippen molar-refractivity contribution in [3.05, 3.63) is 0 Å². The van der Waals surface area contributed by atoms with Crippen molar-refractivity contribution in [1.29, 1.82) is 0 Å². The fourth-order valence-electron chi connectivity index (χ4n) is 1.11. The van der Waals surface area contributed by atoms with Crippen molar-refractivity contribution in [3.63, 3.8) is 0 Å². The summed E-state index contributed by atoms with van der Waals surface area (Å²) in [5.41, 5.74) is 0. The third-order valence-corrected chi connectivity index (χ3v) is 1.87. The Morgan fingerprint density at radius 1 is 1.60 bits per heavy atom. The lowest BCUT2D eigenvalue weighted by Gasteiger charge is -2.26. The molecule has 1 N–H and O–H groups in total. The van der Waals surface area contributed by atoms with E-state index in [0.717, 1.165) is 12.8 Å². The van der Waals surface area contributed by atoms with Gasteiger partial charge < -0.3 is 14.6 Å². The molecule has 0 saturated carbocycles. The van der Waals surface area contributed by atoms with Crippen LogP contribution >= 0.6 is 0 Å². The smallest absolute Gasteiger partial charge is 0.0808 e. The molecule has 1 saturated heterocycles. The summed E-state index contributed by atoms with van der Waals surface area (Å²) in [7, 11) is 1.69. The highest BCUT2D eigenvalue weighted by atomic mass is 16.5. The van der Waals surface area contributed by atoms with Gasteiger partial charge in [-0.3, -0.25) is 0 Å². The third kappa shape index (κ3) is 1.94. The molecule has 10 heavy (non-hydrogen) atoms. The average Bonchev–Trinajstić information content (AvgIpc) is 2.05. The van der Waals surface area contributed by atoms with Crippen LogP contribution in [0.4, 0.5) is 0 Å². The van der Waals surface area contributed by atoms with Crippen molar-refractivity contribution in [1.82, 2.24) is 0 Å². The van der Waals surface area contributed by atoms with E-state index in [1.165, 1.54) is 0 Å². The van der Waals surface area contributed by atoms with Gasteiger partial charge in [-0.05, 0) is 12.8 Å². The molecule has 0 aromatic heterocycles. The quantitative estimate of drug-likeness (QED) is 0.603. The van der Waals surface area contributed by atoms with E-state index in [4.69, 9.17) is 14.6 Å². The van der Waals surface area contributed by atoms with Crippen LogP contribution in [0.15, 0.2) is 0 Å². The number of rotatable bonds is 2. The zero-order valence-electron chi connectivity index (χ0n) is 6.25. The SMILES string of the molecule is COC1CCC(CO)OC1. The zero-order valence-corrected chi connectivity index (χ0v) is 6.25. The summed E-state index contributed by atoms with van der Waals surface area (Å²) in [6.07, 6.45) is 2.20. The largest absolute Gasteiger partial charge is 0.394 e.